The van der Waals surface area contributed by atoms with Crippen LogP contribution in [0.5, 0.6) is 5.75 Å². The second-order valence-electron chi connectivity index (χ2n) is 4.41. The Bertz CT molecular complexity index is 514. The molecule has 1 atom stereocenters. The van der Waals surface area contributed by atoms with Gasteiger partial charge in [0.1, 0.15) is 11.8 Å². The molecule has 5 nitrogen and oxygen atoms in total. The Morgan fingerprint density at radius 1 is 1.50 bits per heavy atom. The minimum atomic E-state index is -0.918. The Morgan fingerprint density at radius 2 is 2.20 bits per heavy atom. The average Bonchev–Trinajstić information content (AvgIpc) is 2.40. The van der Waals surface area contributed by atoms with Crippen LogP contribution < -0.4 is 0 Å². The summed E-state index contributed by atoms with van der Waals surface area (Å²) in [7, 11) is 0. The lowest BCUT2D eigenvalue weighted by Gasteiger charge is -2.26. The van der Waals surface area contributed by atoms with Crippen molar-refractivity contribution >= 4 is 17.6 Å². The van der Waals surface area contributed by atoms with E-state index in [0.29, 0.717) is 17.1 Å². The first-order chi connectivity index (χ1) is 9.49. The number of halogens is 1. The van der Waals surface area contributed by atoms with E-state index in [1.54, 1.807) is 4.90 Å². The van der Waals surface area contributed by atoms with Gasteiger partial charge in [0, 0.05) is 17.1 Å². The first-order valence-electron chi connectivity index (χ1n) is 6.33. The fourth-order valence-corrected chi connectivity index (χ4v) is 2.17. The number of phenolic OH excluding ortho intramolecular Hbond substituents is 1. The van der Waals surface area contributed by atoms with Gasteiger partial charge in [-0.3, -0.25) is 9.69 Å². The van der Waals surface area contributed by atoms with Crippen molar-refractivity contribution < 1.29 is 15.0 Å². The molecule has 0 aliphatic rings. The van der Waals surface area contributed by atoms with E-state index in [4.69, 9.17) is 16.7 Å². The molecule has 0 fully saturated rings. The number of carbonyl (C=O) groups is 1. The molecule has 0 spiro atoms. The number of carboxylic acid groups (broad SMARTS) is 1. The number of hydrogen-bond acceptors (Lipinski definition) is 4. The number of phenols is 1. The van der Waals surface area contributed by atoms with Crippen LogP contribution in [0.2, 0.25) is 5.02 Å². The number of hydrogen-bond donors (Lipinski definition) is 2. The maximum atomic E-state index is 10.7. The average molecular weight is 297 g/mol. The van der Waals surface area contributed by atoms with Crippen LogP contribution in [0.3, 0.4) is 0 Å². The van der Waals surface area contributed by atoms with Gasteiger partial charge in [0.2, 0.25) is 0 Å². The van der Waals surface area contributed by atoms with Gasteiger partial charge in [0.25, 0.3) is 0 Å². The van der Waals surface area contributed by atoms with Gasteiger partial charge in [-0.2, -0.15) is 5.26 Å². The molecule has 1 aromatic carbocycles. The van der Waals surface area contributed by atoms with Crippen LogP contribution in [0.4, 0.5) is 0 Å². The summed E-state index contributed by atoms with van der Waals surface area (Å²) in [4.78, 5) is 12.4. The van der Waals surface area contributed by atoms with Gasteiger partial charge in [-0.15, -0.1) is 0 Å². The second-order valence-corrected chi connectivity index (χ2v) is 4.85. The van der Waals surface area contributed by atoms with Crippen LogP contribution in [0.15, 0.2) is 18.2 Å². The van der Waals surface area contributed by atoms with E-state index in [1.165, 1.54) is 18.2 Å². The van der Waals surface area contributed by atoms with E-state index in [0.717, 1.165) is 6.42 Å². The van der Waals surface area contributed by atoms with Crippen LogP contribution in [-0.4, -0.2) is 34.2 Å². The van der Waals surface area contributed by atoms with E-state index < -0.39 is 12.0 Å². The Hall–Kier alpha value is -1.77. The molecule has 20 heavy (non-hydrogen) atoms. The van der Waals surface area contributed by atoms with Crippen LogP contribution in [0.25, 0.3) is 0 Å². The molecule has 6 heteroatoms. The summed E-state index contributed by atoms with van der Waals surface area (Å²) in [6.07, 6.45) is 0.721. The van der Waals surface area contributed by atoms with Gasteiger partial charge in [-0.1, -0.05) is 18.5 Å². The van der Waals surface area contributed by atoms with Crippen molar-refractivity contribution in [2.75, 3.05) is 13.1 Å². The Morgan fingerprint density at radius 3 is 2.75 bits per heavy atom. The molecule has 0 saturated heterocycles. The SMILES string of the molecule is CCCN(CCC(=O)O)C(C#N)c1cc(Cl)ccc1O. The maximum Gasteiger partial charge on any atom is 0.304 e. The highest BCUT2D eigenvalue weighted by atomic mass is 35.5. The third-order valence-corrected chi connectivity index (χ3v) is 3.13. The first kappa shape index (κ1) is 16.3. The summed E-state index contributed by atoms with van der Waals surface area (Å²) in [6.45, 7) is 2.75. The number of carboxylic acids is 1. The van der Waals surface area contributed by atoms with Crippen molar-refractivity contribution in [3.8, 4) is 11.8 Å². The highest BCUT2D eigenvalue weighted by molar-refractivity contribution is 6.30. The molecule has 2 N–H and O–H groups in total. The number of rotatable bonds is 7. The molecule has 0 amide bonds. The van der Waals surface area contributed by atoms with E-state index in [-0.39, 0.29) is 18.7 Å². The summed E-state index contributed by atoms with van der Waals surface area (Å²) in [5.74, 6) is -0.935. The van der Waals surface area contributed by atoms with Crippen LogP contribution >= 0.6 is 11.6 Å². The number of benzene rings is 1. The topological polar surface area (TPSA) is 84.6 Å². The van der Waals surface area contributed by atoms with Crippen molar-refractivity contribution in [1.29, 1.82) is 5.26 Å². The lowest BCUT2D eigenvalue weighted by molar-refractivity contribution is -0.137. The van der Waals surface area contributed by atoms with E-state index in [1.807, 2.05) is 6.92 Å². The zero-order valence-electron chi connectivity index (χ0n) is 11.2. The van der Waals surface area contributed by atoms with E-state index in [9.17, 15) is 15.2 Å². The molecule has 1 unspecified atom stereocenters. The minimum Gasteiger partial charge on any atom is -0.508 e. The molecular formula is C14H17ClN2O3. The third-order valence-electron chi connectivity index (χ3n) is 2.90. The van der Waals surface area contributed by atoms with Crippen LogP contribution in [-0.2, 0) is 4.79 Å². The summed E-state index contributed by atoms with van der Waals surface area (Å²) in [5.41, 5.74) is 0.402. The highest BCUT2D eigenvalue weighted by Crippen LogP contribution is 2.31. The molecule has 0 saturated carbocycles. The lowest BCUT2D eigenvalue weighted by Crippen LogP contribution is -2.31. The largest absolute Gasteiger partial charge is 0.508 e. The van der Waals surface area contributed by atoms with Gasteiger partial charge < -0.3 is 10.2 Å². The second kappa shape index (κ2) is 7.73. The zero-order valence-corrected chi connectivity index (χ0v) is 12.0. The highest BCUT2D eigenvalue weighted by Gasteiger charge is 2.23. The smallest absolute Gasteiger partial charge is 0.304 e. The fraction of sp³-hybridized carbons (Fsp3) is 0.429. The molecule has 0 heterocycles. The van der Waals surface area contributed by atoms with Gasteiger partial charge in [-0.25, -0.2) is 0 Å². The molecule has 108 valence electrons. The Kier molecular flexibility index (Phi) is 6.29. The molecule has 0 bridgehead atoms. The number of aromatic hydroxyl groups is 1. The van der Waals surface area contributed by atoms with Crippen molar-refractivity contribution in [2.45, 2.75) is 25.8 Å². The number of nitrogens with zero attached hydrogens (tertiary/aromatic N) is 2. The van der Waals surface area contributed by atoms with Crippen molar-refractivity contribution in [2.24, 2.45) is 0 Å². The number of aliphatic carboxylic acids is 1. The van der Waals surface area contributed by atoms with Crippen molar-refractivity contribution in [3.05, 3.63) is 28.8 Å². The molecule has 1 aromatic rings. The van der Waals surface area contributed by atoms with Gasteiger partial charge in [-0.05, 0) is 31.2 Å². The quantitative estimate of drug-likeness (QED) is 0.808. The van der Waals surface area contributed by atoms with Gasteiger partial charge >= 0.3 is 5.97 Å². The molecular weight excluding hydrogens is 280 g/mol. The Balaban J connectivity index is 3.03. The fourth-order valence-electron chi connectivity index (χ4n) is 1.99. The van der Waals surface area contributed by atoms with Gasteiger partial charge in [0.15, 0.2) is 0 Å². The lowest BCUT2D eigenvalue weighted by atomic mass is 10.0. The van der Waals surface area contributed by atoms with Crippen molar-refractivity contribution in [3.63, 3.8) is 0 Å². The Labute approximate surface area is 123 Å². The van der Waals surface area contributed by atoms with E-state index >= 15 is 0 Å². The first-order valence-corrected chi connectivity index (χ1v) is 6.71. The molecule has 0 aromatic heterocycles. The standard InChI is InChI=1S/C14H17ClN2O3/c1-2-6-17(7-5-14(19)20)12(9-16)11-8-10(15)3-4-13(11)18/h3-4,8,12,18H,2,5-7H2,1H3,(H,19,20). The predicted molar refractivity (Wildman–Crippen MR) is 75.6 cm³/mol. The normalized spacial score (nSPS) is 12.1. The summed E-state index contributed by atoms with van der Waals surface area (Å²) in [5, 5.41) is 28.4. The molecule has 0 aliphatic heterocycles. The molecule has 1 rings (SSSR count). The third kappa shape index (κ3) is 4.41. The van der Waals surface area contributed by atoms with Crippen molar-refractivity contribution in [1.82, 2.24) is 4.90 Å². The van der Waals surface area contributed by atoms with Crippen LogP contribution in [0, 0.1) is 11.3 Å². The van der Waals surface area contributed by atoms with E-state index in [2.05, 4.69) is 6.07 Å². The maximum absolute atomic E-state index is 10.7. The predicted octanol–water partition coefficient (Wildman–Crippen LogP) is 2.80. The summed E-state index contributed by atoms with van der Waals surface area (Å²) < 4.78 is 0. The zero-order chi connectivity index (χ0) is 15.1. The van der Waals surface area contributed by atoms with Gasteiger partial charge in [0.05, 0.1) is 12.5 Å². The van der Waals surface area contributed by atoms with Crippen LogP contribution in [0.1, 0.15) is 31.4 Å². The minimum absolute atomic E-state index is 0.0163. The summed E-state index contributed by atoms with van der Waals surface area (Å²) >= 11 is 5.89. The monoisotopic (exact) mass is 296 g/mol. The number of nitriles is 1. The molecule has 0 radical (unpaired) electrons. The molecule has 0 aliphatic carbocycles. The summed E-state index contributed by atoms with van der Waals surface area (Å²) in [6, 6.07) is 5.90.